The minimum Gasteiger partial charge on any atom is -0.493 e. The molecule has 108 valence electrons. The van der Waals surface area contributed by atoms with Crippen LogP contribution in [0.4, 0.5) is 5.69 Å². The lowest BCUT2D eigenvalue weighted by atomic mass is 10.2. The number of nitrogens with zero attached hydrogens (tertiary/aromatic N) is 1. The number of aromatic nitrogens is 1. The Morgan fingerprint density at radius 2 is 2.00 bits per heavy atom. The largest absolute Gasteiger partial charge is 0.493 e. The number of hydrogen-bond donors (Lipinski definition) is 1. The number of benzene rings is 1. The Morgan fingerprint density at radius 1 is 1.19 bits per heavy atom. The van der Waals surface area contributed by atoms with Gasteiger partial charge in [0.2, 0.25) is 5.91 Å². The van der Waals surface area contributed by atoms with Crippen molar-refractivity contribution in [3.8, 4) is 11.5 Å². The van der Waals surface area contributed by atoms with E-state index in [-0.39, 0.29) is 5.91 Å². The summed E-state index contributed by atoms with van der Waals surface area (Å²) in [5.74, 6) is 0.944. The summed E-state index contributed by atoms with van der Waals surface area (Å²) in [6.45, 7) is 0. The van der Waals surface area contributed by atoms with Crippen LogP contribution in [0.3, 0.4) is 0 Å². The number of carbonyl (C=O) groups excluding carboxylic acids is 1. The van der Waals surface area contributed by atoms with Crippen molar-refractivity contribution < 1.29 is 14.3 Å². The number of ether oxygens (including phenoxy) is 2. The molecule has 0 aliphatic rings. The van der Waals surface area contributed by atoms with Crippen LogP contribution in [0.1, 0.15) is 5.56 Å². The smallest absolute Gasteiger partial charge is 0.248 e. The molecular weight excluding hydrogens is 268 g/mol. The Labute approximate surface area is 123 Å². The van der Waals surface area contributed by atoms with Crippen LogP contribution in [-0.4, -0.2) is 25.1 Å². The fourth-order valence-electron chi connectivity index (χ4n) is 1.74. The van der Waals surface area contributed by atoms with Gasteiger partial charge in [0.05, 0.1) is 14.2 Å². The van der Waals surface area contributed by atoms with Crippen LogP contribution in [0, 0.1) is 0 Å². The second-order valence-electron chi connectivity index (χ2n) is 4.18. The van der Waals surface area contributed by atoms with E-state index < -0.39 is 0 Å². The van der Waals surface area contributed by atoms with Crippen molar-refractivity contribution in [2.24, 2.45) is 0 Å². The molecule has 1 aromatic heterocycles. The molecule has 0 radical (unpaired) electrons. The van der Waals surface area contributed by atoms with Gasteiger partial charge in [-0.15, -0.1) is 0 Å². The molecule has 5 heteroatoms. The molecule has 1 amide bonds. The van der Waals surface area contributed by atoms with E-state index in [4.69, 9.17) is 9.47 Å². The lowest BCUT2D eigenvalue weighted by Crippen LogP contribution is -2.07. The molecule has 2 aromatic rings. The van der Waals surface area contributed by atoms with Gasteiger partial charge < -0.3 is 14.8 Å². The summed E-state index contributed by atoms with van der Waals surface area (Å²) in [6, 6.07) is 8.87. The van der Waals surface area contributed by atoms with Gasteiger partial charge in [0.1, 0.15) is 0 Å². The summed E-state index contributed by atoms with van der Waals surface area (Å²) in [5.41, 5.74) is 1.49. The molecule has 0 saturated heterocycles. The van der Waals surface area contributed by atoms with E-state index in [0.29, 0.717) is 17.2 Å². The third-order valence-corrected chi connectivity index (χ3v) is 2.76. The fraction of sp³-hybridized carbons (Fsp3) is 0.125. The molecule has 21 heavy (non-hydrogen) atoms. The summed E-state index contributed by atoms with van der Waals surface area (Å²) in [5, 5.41) is 2.76. The van der Waals surface area contributed by atoms with E-state index >= 15 is 0 Å². The van der Waals surface area contributed by atoms with Gasteiger partial charge in [0.25, 0.3) is 0 Å². The third kappa shape index (κ3) is 4.07. The van der Waals surface area contributed by atoms with Gasteiger partial charge in [0.15, 0.2) is 11.5 Å². The molecule has 0 bridgehead atoms. The lowest BCUT2D eigenvalue weighted by molar-refractivity contribution is -0.111. The Balaban J connectivity index is 2.04. The zero-order valence-electron chi connectivity index (χ0n) is 11.9. The van der Waals surface area contributed by atoms with Crippen LogP contribution in [-0.2, 0) is 4.79 Å². The molecule has 0 spiro atoms. The number of anilines is 1. The molecule has 0 unspecified atom stereocenters. The predicted octanol–water partition coefficient (Wildman–Crippen LogP) is 2.75. The maximum atomic E-state index is 11.8. The highest BCUT2D eigenvalue weighted by atomic mass is 16.5. The normalized spacial score (nSPS) is 10.4. The molecule has 2 rings (SSSR count). The van der Waals surface area contributed by atoms with Crippen molar-refractivity contribution in [1.82, 2.24) is 4.98 Å². The lowest BCUT2D eigenvalue weighted by Gasteiger charge is -2.09. The molecule has 0 aliphatic heterocycles. The van der Waals surface area contributed by atoms with Crippen molar-refractivity contribution in [2.45, 2.75) is 0 Å². The summed E-state index contributed by atoms with van der Waals surface area (Å²) < 4.78 is 10.3. The molecule has 0 saturated carbocycles. The van der Waals surface area contributed by atoms with Crippen LogP contribution < -0.4 is 14.8 Å². The zero-order chi connectivity index (χ0) is 15.1. The van der Waals surface area contributed by atoms with Crippen LogP contribution >= 0.6 is 0 Å². The zero-order valence-corrected chi connectivity index (χ0v) is 11.9. The van der Waals surface area contributed by atoms with Gasteiger partial charge in [-0.3, -0.25) is 9.78 Å². The molecule has 5 nitrogen and oxygen atoms in total. The van der Waals surface area contributed by atoms with E-state index in [9.17, 15) is 4.79 Å². The second-order valence-corrected chi connectivity index (χ2v) is 4.18. The van der Waals surface area contributed by atoms with Gasteiger partial charge in [-0.2, -0.15) is 0 Å². The fourth-order valence-corrected chi connectivity index (χ4v) is 1.74. The number of carbonyl (C=O) groups is 1. The number of rotatable bonds is 5. The van der Waals surface area contributed by atoms with E-state index in [1.54, 1.807) is 50.9 Å². The number of amides is 1. The van der Waals surface area contributed by atoms with Crippen LogP contribution in [0.2, 0.25) is 0 Å². The SMILES string of the molecule is COc1ccc(NC(=O)/C=C/c2cccnc2)cc1OC. The van der Waals surface area contributed by atoms with Crippen LogP contribution in [0.5, 0.6) is 11.5 Å². The maximum Gasteiger partial charge on any atom is 0.248 e. The van der Waals surface area contributed by atoms with Gasteiger partial charge in [-0.25, -0.2) is 0 Å². The minimum absolute atomic E-state index is 0.230. The van der Waals surface area contributed by atoms with E-state index in [0.717, 1.165) is 5.56 Å². The molecule has 0 fully saturated rings. The highest BCUT2D eigenvalue weighted by Gasteiger charge is 2.05. The predicted molar refractivity (Wildman–Crippen MR) is 81.4 cm³/mol. The average molecular weight is 284 g/mol. The molecule has 1 heterocycles. The number of hydrogen-bond acceptors (Lipinski definition) is 4. The van der Waals surface area contributed by atoms with Crippen molar-refractivity contribution in [2.75, 3.05) is 19.5 Å². The van der Waals surface area contributed by atoms with Crippen molar-refractivity contribution in [1.29, 1.82) is 0 Å². The van der Waals surface area contributed by atoms with Gasteiger partial charge in [-0.1, -0.05) is 6.07 Å². The van der Waals surface area contributed by atoms with E-state index in [1.165, 1.54) is 6.08 Å². The first-order valence-electron chi connectivity index (χ1n) is 6.34. The minimum atomic E-state index is -0.230. The van der Waals surface area contributed by atoms with Crippen LogP contribution in [0.25, 0.3) is 6.08 Å². The first-order valence-corrected chi connectivity index (χ1v) is 6.34. The number of methoxy groups -OCH3 is 2. The van der Waals surface area contributed by atoms with Crippen molar-refractivity contribution in [3.63, 3.8) is 0 Å². The number of pyridine rings is 1. The monoisotopic (exact) mass is 284 g/mol. The molecule has 1 N–H and O–H groups in total. The Bertz CT molecular complexity index is 639. The molecule has 1 aromatic carbocycles. The number of nitrogens with one attached hydrogen (secondary N) is 1. The quantitative estimate of drug-likeness (QED) is 0.858. The van der Waals surface area contributed by atoms with Crippen molar-refractivity contribution >= 4 is 17.7 Å². The maximum absolute atomic E-state index is 11.8. The topological polar surface area (TPSA) is 60.5 Å². The second kappa shape index (κ2) is 7.09. The highest BCUT2D eigenvalue weighted by molar-refractivity contribution is 6.02. The Hall–Kier alpha value is -2.82. The summed E-state index contributed by atoms with van der Waals surface area (Å²) in [4.78, 5) is 15.8. The summed E-state index contributed by atoms with van der Waals surface area (Å²) >= 11 is 0. The van der Waals surface area contributed by atoms with Crippen LogP contribution in [0.15, 0.2) is 48.8 Å². The van der Waals surface area contributed by atoms with Crippen molar-refractivity contribution in [3.05, 3.63) is 54.4 Å². The van der Waals surface area contributed by atoms with E-state index in [1.807, 2.05) is 12.1 Å². The Kier molecular flexibility index (Phi) is 4.93. The first kappa shape index (κ1) is 14.6. The van der Waals surface area contributed by atoms with Gasteiger partial charge in [0, 0.05) is 30.2 Å². The first-order chi connectivity index (χ1) is 10.2. The molecular formula is C16H16N2O3. The van der Waals surface area contributed by atoms with Gasteiger partial charge >= 0.3 is 0 Å². The Morgan fingerprint density at radius 3 is 2.67 bits per heavy atom. The summed E-state index contributed by atoms with van der Waals surface area (Å²) in [7, 11) is 3.11. The third-order valence-electron chi connectivity index (χ3n) is 2.76. The molecule has 0 aliphatic carbocycles. The average Bonchev–Trinajstić information content (AvgIpc) is 2.53. The highest BCUT2D eigenvalue weighted by Crippen LogP contribution is 2.29. The summed E-state index contributed by atoms with van der Waals surface area (Å²) in [6.07, 6.45) is 6.51. The molecule has 0 atom stereocenters. The van der Waals surface area contributed by atoms with E-state index in [2.05, 4.69) is 10.3 Å². The van der Waals surface area contributed by atoms with Gasteiger partial charge in [-0.05, 0) is 29.8 Å². The standard InChI is InChI=1S/C16H16N2O3/c1-20-14-7-6-13(10-15(14)21-2)18-16(19)8-5-12-4-3-9-17-11-12/h3-11H,1-2H3,(H,18,19)/b8-5+.